The van der Waals surface area contributed by atoms with Crippen molar-refractivity contribution < 1.29 is 39.2 Å². The van der Waals surface area contributed by atoms with Crippen molar-refractivity contribution in [3.05, 3.63) is 33.1 Å². The molecule has 0 fully saturated rings. The average Bonchev–Trinajstić information content (AvgIpc) is 2.93. The third-order valence-electron chi connectivity index (χ3n) is 3.95. The Kier molecular flexibility index (Phi) is 8.08. The van der Waals surface area contributed by atoms with Gasteiger partial charge >= 0.3 is 17.9 Å². The van der Waals surface area contributed by atoms with Crippen LogP contribution in [0.4, 0.5) is 5.69 Å². The molecule has 0 radical (unpaired) electrons. The van der Waals surface area contributed by atoms with Crippen LogP contribution >= 0.6 is 67.8 Å². The number of carboxylic acid groups (broad SMARTS) is 2. The first-order valence-corrected chi connectivity index (χ1v) is 11.0. The van der Waals surface area contributed by atoms with E-state index in [0.717, 1.165) is 7.11 Å². The van der Waals surface area contributed by atoms with Crippen LogP contribution in [0.25, 0.3) is 0 Å². The van der Waals surface area contributed by atoms with Crippen LogP contribution in [0.2, 0.25) is 0 Å². The molecule has 0 saturated carbocycles. The fourth-order valence-corrected chi connectivity index (χ4v) is 6.98. The van der Waals surface area contributed by atoms with Gasteiger partial charge in [0.1, 0.15) is 5.70 Å². The number of aromatic carboxylic acids is 2. The third kappa shape index (κ3) is 4.61. The maximum Gasteiger partial charge on any atom is 0.337 e. The predicted octanol–water partition coefficient (Wildman–Crippen LogP) is 1.57. The van der Waals surface area contributed by atoms with Crippen LogP contribution in [-0.4, -0.2) is 70.8 Å². The number of aliphatic hydroxyl groups excluding tert-OH is 1. The molecule has 0 saturated heterocycles. The fourth-order valence-electron chi connectivity index (χ4n) is 2.62. The highest BCUT2D eigenvalue weighted by molar-refractivity contribution is 14.1. The smallest absolute Gasteiger partial charge is 0.337 e. The largest absolute Gasteiger partial charge is 0.478 e. The van der Waals surface area contributed by atoms with Gasteiger partial charge in [-0.2, -0.15) is 0 Å². The number of anilines is 1. The highest BCUT2D eigenvalue weighted by Gasteiger charge is 2.36. The Morgan fingerprint density at radius 3 is 2.00 bits per heavy atom. The minimum Gasteiger partial charge on any atom is -0.478 e. The summed E-state index contributed by atoms with van der Waals surface area (Å²) >= 11 is 5.15. The fraction of sp³-hybridized carbons (Fsp3) is 0.250. The number of carbonyl (C=O) groups is 4. The molecule has 2 rings (SSSR count). The summed E-state index contributed by atoms with van der Waals surface area (Å²) in [6.07, 6.45) is 0. The van der Waals surface area contributed by atoms with Crippen molar-refractivity contribution in [1.82, 2.24) is 4.90 Å². The van der Waals surface area contributed by atoms with Crippen molar-refractivity contribution in [3.63, 3.8) is 0 Å². The normalized spacial score (nSPS) is 13.7. The molecule has 0 atom stereocenters. The highest BCUT2D eigenvalue weighted by Crippen LogP contribution is 2.37. The molecule has 1 amide bonds. The number of halogens is 3. The molecule has 13 heteroatoms. The van der Waals surface area contributed by atoms with Gasteiger partial charge in [0.05, 0.1) is 49.8 Å². The molecule has 1 aromatic rings. The van der Waals surface area contributed by atoms with Crippen molar-refractivity contribution in [2.24, 2.45) is 0 Å². The van der Waals surface area contributed by atoms with Gasteiger partial charge in [0.15, 0.2) is 0 Å². The van der Waals surface area contributed by atoms with E-state index in [1.165, 1.54) is 4.90 Å². The molecule has 0 unspecified atom stereocenters. The number of benzene rings is 1. The molecule has 0 spiro atoms. The number of carboxylic acids is 2. The van der Waals surface area contributed by atoms with Gasteiger partial charge in [-0.15, -0.1) is 0 Å². The minimum atomic E-state index is -1.33. The van der Waals surface area contributed by atoms with E-state index in [1.54, 1.807) is 67.8 Å². The van der Waals surface area contributed by atoms with E-state index in [1.807, 2.05) is 0 Å². The highest BCUT2D eigenvalue weighted by atomic mass is 127. The van der Waals surface area contributed by atoms with Gasteiger partial charge in [0.25, 0.3) is 5.91 Å². The van der Waals surface area contributed by atoms with Crippen LogP contribution in [0.5, 0.6) is 0 Å². The molecule has 0 aliphatic carbocycles. The number of esters is 1. The number of β-amino-alcohol motifs (C(OH)–C–C–N with tert-alkyl or cyclic N) is 1. The Morgan fingerprint density at radius 1 is 1.07 bits per heavy atom. The van der Waals surface area contributed by atoms with Gasteiger partial charge in [-0.05, 0) is 67.8 Å². The Labute approximate surface area is 205 Å². The molecule has 4 N–H and O–H groups in total. The minimum absolute atomic E-state index is 0.00940. The Hall–Kier alpha value is -1.21. The quantitative estimate of drug-likeness (QED) is 0.241. The van der Waals surface area contributed by atoms with E-state index >= 15 is 0 Å². The zero-order chi connectivity index (χ0) is 22.0. The summed E-state index contributed by atoms with van der Waals surface area (Å²) in [5.74, 6) is -4.03. The van der Waals surface area contributed by atoms with Crippen molar-refractivity contribution >= 4 is 97.3 Å². The van der Waals surface area contributed by atoms with E-state index < -0.39 is 23.8 Å². The molecule has 1 heterocycles. The monoisotopic (exact) mass is 742 g/mol. The lowest BCUT2D eigenvalue weighted by atomic mass is 10.1. The van der Waals surface area contributed by atoms with Crippen molar-refractivity contribution in [2.75, 3.05) is 32.1 Å². The number of hydrogen-bond acceptors (Lipinski definition) is 7. The maximum absolute atomic E-state index is 12.7. The van der Waals surface area contributed by atoms with E-state index in [-0.39, 0.29) is 58.5 Å². The van der Waals surface area contributed by atoms with E-state index in [4.69, 9.17) is 9.84 Å². The summed E-state index contributed by atoms with van der Waals surface area (Å²) in [5.41, 5.74) is -0.550. The number of aliphatic hydroxyl groups is 1. The molecular formula is C16H13I3N2O8. The average molecular weight is 742 g/mol. The first-order chi connectivity index (χ1) is 13.6. The van der Waals surface area contributed by atoms with Gasteiger partial charge in [0, 0.05) is 10.1 Å². The standard InChI is InChI=1S/C16H13I3N2O8/c1-29-16(28)5-4-21(2-3-22)13(23)11(5)20-12-9(18)6(14(24)25)8(17)7(10(12)19)15(26)27/h20,22H,2-4H2,1H3,(H,24,25)(H,26,27). The Balaban J connectivity index is 2.71. The number of nitrogens with one attached hydrogen (secondary N) is 1. The number of carbonyl (C=O) groups excluding carboxylic acids is 2. The Morgan fingerprint density at radius 2 is 1.59 bits per heavy atom. The first-order valence-electron chi connectivity index (χ1n) is 7.72. The second-order valence-electron chi connectivity index (χ2n) is 5.60. The van der Waals surface area contributed by atoms with Crippen LogP contribution in [0.15, 0.2) is 11.3 Å². The van der Waals surface area contributed by atoms with Gasteiger partial charge in [-0.3, -0.25) is 4.79 Å². The summed E-state index contributed by atoms with van der Waals surface area (Å²) < 4.78 is 5.11. The van der Waals surface area contributed by atoms with Crippen molar-refractivity contribution in [1.29, 1.82) is 0 Å². The summed E-state index contributed by atoms with van der Waals surface area (Å²) in [6.45, 7) is -0.450. The van der Waals surface area contributed by atoms with Crippen LogP contribution in [0.1, 0.15) is 20.7 Å². The number of hydrogen-bond donors (Lipinski definition) is 4. The SMILES string of the molecule is COC(=O)C1=C(Nc2c(I)c(C(=O)O)c(I)c(C(=O)O)c2I)C(=O)N(CCO)C1. The Bertz CT molecular complexity index is 919. The van der Waals surface area contributed by atoms with Crippen molar-refractivity contribution in [3.8, 4) is 0 Å². The summed E-state index contributed by atoms with van der Waals surface area (Å²) in [7, 11) is 1.15. The van der Waals surface area contributed by atoms with Crippen LogP contribution in [-0.2, 0) is 14.3 Å². The summed E-state index contributed by atoms with van der Waals surface area (Å²) in [4.78, 5) is 49.5. The predicted molar refractivity (Wildman–Crippen MR) is 125 cm³/mol. The maximum atomic E-state index is 12.7. The van der Waals surface area contributed by atoms with Gasteiger partial charge in [0.2, 0.25) is 0 Å². The summed E-state index contributed by atoms with van der Waals surface area (Å²) in [5, 5.41) is 31.0. The number of amides is 1. The van der Waals surface area contributed by atoms with E-state index in [9.17, 15) is 29.4 Å². The van der Waals surface area contributed by atoms with Gasteiger partial charge in [-0.25, -0.2) is 14.4 Å². The number of rotatable bonds is 7. The molecule has 0 bridgehead atoms. The number of ether oxygens (including phenoxy) is 1. The van der Waals surface area contributed by atoms with Crippen LogP contribution in [0, 0.1) is 10.7 Å². The molecule has 1 aliphatic heterocycles. The molecule has 1 aliphatic rings. The zero-order valence-electron chi connectivity index (χ0n) is 14.6. The lowest BCUT2D eigenvalue weighted by Crippen LogP contribution is -2.31. The van der Waals surface area contributed by atoms with Crippen molar-refractivity contribution in [2.45, 2.75) is 0 Å². The molecule has 1 aromatic carbocycles. The van der Waals surface area contributed by atoms with E-state index in [2.05, 4.69) is 5.32 Å². The summed E-state index contributed by atoms with van der Waals surface area (Å²) in [6, 6.07) is 0. The topological polar surface area (TPSA) is 153 Å². The molecule has 29 heavy (non-hydrogen) atoms. The first kappa shape index (κ1) is 24.1. The molecule has 0 aromatic heterocycles. The second kappa shape index (κ2) is 9.73. The molecule has 156 valence electrons. The number of nitrogens with zero attached hydrogens (tertiary/aromatic N) is 1. The lowest BCUT2D eigenvalue weighted by molar-refractivity contribution is -0.136. The lowest BCUT2D eigenvalue weighted by Gasteiger charge is -2.18. The molecule has 10 nitrogen and oxygen atoms in total. The van der Waals surface area contributed by atoms with E-state index in [0.29, 0.717) is 0 Å². The third-order valence-corrected chi connectivity index (χ3v) is 7.18. The van der Waals surface area contributed by atoms with Crippen LogP contribution in [0.3, 0.4) is 0 Å². The van der Waals surface area contributed by atoms with Gasteiger partial charge < -0.3 is 30.3 Å². The second-order valence-corrected chi connectivity index (χ2v) is 8.83. The molecular weight excluding hydrogens is 729 g/mol. The van der Waals surface area contributed by atoms with Gasteiger partial charge in [-0.1, -0.05) is 0 Å². The van der Waals surface area contributed by atoms with Crippen LogP contribution < -0.4 is 5.32 Å². The zero-order valence-corrected chi connectivity index (χ0v) is 21.1. The number of methoxy groups -OCH3 is 1.